The number of nitriles is 1. The molecular weight excluding hydrogens is 286 g/mol. The third-order valence-electron chi connectivity index (χ3n) is 3.40. The lowest BCUT2D eigenvalue weighted by Gasteiger charge is -2.10. The molecule has 0 aliphatic carbocycles. The van der Waals surface area contributed by atoms with Crippen LogP contribution in [0.5, 0.6) is 0 Å². The van der Waals surface area contributed by atoms with Crippen LogP contribution in [0.1, 0.15) is 19.3 Å². The summed E-state index contributed by atoms with van der Waals surface area (Å²) in [6.45, 7) is 0.769. The van der Waals surface area contributed by atoms with Crippen molar-refractivity contribution in [2.24, 2.45) is 5.92 Å². The van der Waals surface area contributed by atoms with Gasteiger partial charge in [-0.15, -0.1) is 0 Å². The molecule has 0 radical (unpaired) electrons. The number of hydrogen-bond acceptors (Lipinski definition) is 4. The molecule has 5 heteroatoms. The average molecular weight is 304 g/mol. The van der Waals surface area contributed by atoms with Crippen molar-refractivity contribution in [3.05, 3.63) is 35.5 Å². The van der Waals surface area contributed by atoms with E-state index < -0.39 is 0 Å². The highest BCUT2D eigenvalue weighted by Gasteiger charge is 2.05. The van der Waals surface area contributed by atoms with E-state index in [0.717, 1.165) is 42.4 Å². The fraction of sp³-hybridized carbons (Fsp3) is 0.375. The van der Waals surface area contributed by atoms with Gasteiger partial charge in [0.2, 0.25) is 0 Å². The topological polar surface area (TPSA) is 68.9 Å². The smallest absolute Gasteiger partial charge is 0.0737 e. The van der Waals surface area contributed by atoms with Crippen LogP contribution in [-0.2, 0) is 0 Å². The monoisotopic (exact) mass is 303 g/mol. The predicted octanol–water partition coefficient (Wildman–Crippen LogP) is 3.60. The van der Waals surface area contributed by atoms with Gasteiger partial charge in [-0.3, -0.25) is 4.98 Å². The van der Waals surface area contributed by atoms with E-state index in [1.54, 1.807) is 6.20 Å². The molecule has 2 rings (SSSR count). The van der Waals surface area contributed by atoms with Gasteiger partial charge in [-0.25, -0.2) is 0 Å². The summed E-state index contributed by atoms with van der Waals surface area (Å²) in [7, 11) is 0. The molecule has 1 unspecified atom stereocenters. The summed E-state index contributed by atoms with van der Waals surface area (Å²) >= 11 is 5.97. The zero-order valence-electron chi connectivity index (χ0n) is 11.7. The number of nitrogens with one attached hydrogen (secondary N) is 1. The lowest BCUT2D eigenvalue weighted by atomic mass is 10.0. The lowest BCUT2D eigenvalue weighted by Crippen LogP contribution is -2.06. The fourth-order valence-electron chi connectivity index (χ4n) is 2.21. The first-order valence-electron chi connectivity index (χ1n) is 7.03. The summed E-state index contributed by atoms with van der Waals surface area (Å²) in [6.07, 6.45) is 4.37. The first kappa shape index (κ1) is 15.6. The lowest BCUT2D eigenvalue weighted by molar-refractivity contribution is 0.247. The van der Waals surface area contributed by atoms with Crippen LogP contribution in [0.3, 0.4) is 0 Å². The van der Waals surface area contributed by atoms with E-state index in [-0.39, 0.29) is 12.5 Å². The molecule has 4 nitrogen and oxygen atoms in total. The van der Waals surface area contributed by atoms with Crippen LogP contribution < -0.4 is 5.32 Å². The molecule has 2 aromatic rings. The molecule has 21 heavy (non-hydrogen) atoms. The highest BCUT2D eigenvalue weighted by Crippen LogP contribution is 2.24. The number of halogens is 1. The maximum absolute atomic E-state index is 8.95. The molecule has 0 amide bonds. The van der Waals surface area contributed by atoms with Gasteiger partial charge in [0.05, 0.1) is 24.1 Å². The fourth-order valence-corrected chi connectivity index (χ4v) is 2.38. The highest BCUT2D eigenvalue weighted by molar-refractivity contribution is 6.31. The Bertz CT molecular complexity index is 639. The van der Waals surface area contributed by atoms with Gasteiger partial charge < -0.3 is 10.4 Å². The normalized spacial score (nSPS) is 12.0. The number of unbranched alkanes of at least 4 members (excludes halogenated alkanes) is 1. The maximum Gasteiger partial charge on any atom is 0.0737 e. The third-order valence-corrected chi connectivity index (χ3v) is 3.64. The van der Waals surface area contributed by atoms with Crippen LogP contribution in [0, 0.1) is 17.2 Å². The molecule has 0 saturated carbocycles. The van der Waals surface area contributed by atoms with Crippen molar-refractivity contribution in [3.63, 3.8) is 0 Å². The molecule has 0 aliphatic heterocycles. The van der Waals surface area contributed by atoms with Crippen LogP contribution in [0.4, 0.5) is 5.69 Å². The number of benzene rings is 1. The molecule has 0 aliphatic rings. The Morgan fingerprint density at radius 2 is 2.19 bits per heavy atom. The summed E-state index contributed by atoms with van der Waals surface area (Å²) < 4.78 is 0. The molecule has 2 N–H and O–H groups in total. The second-order valence-corrected chi connectivity index (χ2v) is 5.39. The second-order valence-electron chi connectivity index (χ2n) is 4.95. The van der Waals surface area contributed by atoms with E-state index in [0.29, 0.717) is 5.02 Å². The number of aromatic nitrogens is 1. The van der Waals surface area contributed by atoms with Crippen molar-refractivity contribution in [2.75, 3.05) is 18.5 Å². The number of pyridine rings is 1. The van der Waals surface area contributed by atoms with Gasteiger partial charge in [-0.2, -0.15) is 5.26 Å². The summed E-state index contributed by atoms with van der Waals surface area (Å²) in [5, 5.41) is 22.8. The van der Waals surface area contributed by atoms with Crippen LogP contribution in [0.15, 0.2) is 30.5 Å². The number of rotatable bonds is 7. The number of hydrogen-bond donors (Lipinski definition) is 2. The van der Waals surface area contributed by atoms with Gasteiger partial charge in [0.25, 0.3) is 0 Å². The van der Waals surface area contributed by atoms with Crippen molar-refractivity contribution in [1.82, 2.24) is 4.98 Å². The zero-order chi connectivity index (χ0) is 15.1. The number of aliphatic hydroxyl groups is 1. The van der Waals surface area contributed by atoms with E-state index in [9.17, 15) is 0 Å². The molecular formula is C16H18ClN3O. The van der Waals surface area contributed by atoms with Gasteiger partial charge in [0.15, 0.2) is 0 Å². The van der Waals surface area contributed by atoms with Crippen molar-refractivity contribution >= 4 is 28.2 Å². The first-order chi connectivity index (χ1) is 10.2. The molecule has 110 valence electrons. The van der Waals surface area contributed by atoms with Crippen molar-refractivity contribution in [1.29, 1.82) is 5.26 Å². The molecule has 1 aromatic carbocycles. The number of nitrogens with zero attached hydrogens (tertiary/aromatic N) is 2. The predicted molar refractivity (Wildman–Crippen MR) is 85.3 cm³/mol. The molecule has 0 saturated heterocycles. The first-order valence-corrected chi connectivity index (χ1v) is 7.41. The van der Waals surface area contributed by atoms with Gasteiger partial charge in [0.1, 0.15) is 0 Å². The minimum absolute atomic E-state index is 0.0559. The Hall–Kier alpha value is -1.83. The Kier molecular flexibility index (Phi) is 5.79. The second kappa shape index (κ2) is 7.82. The van der Waals surface area contributed by atoms with E-state index in [1.807, 2.05) is 24.3 Å². The number of aliphatic hydroxyl groups excluding tert-OH is 1. The van der Waals surface area contributed by atoms with Crippen LogP contribution in [0.2, 0.25) is 5.02 Å². The molecule has 0 spiro atoms. The van der Waals surface area contributed by atoms with Crippen LogP contribution in [-0.4, -0.2) is 23.2 Å². The molecule has 0 bridgehead atoms. The highest BCUT2D eigenvalue weighted by atomic mass is 35.5. The van der Waals surface area contributed by atoms with E-state index in [4.69, 9.17) is 22.0 Å². The Morgan fingerprint density at radius 1 is 1.33 bits per heavy atom. The standard InChI is InChI=1S/C16H18ClN3O/c17-13-4-5-14-15(6-8-20-16(14)9-13)19-7-2-1-3-12(10-18)11-21/h4-6,8-9,12,21H,1-3,7,11H2,(H,19,20). The van der Waals surface area contributed by atoms with Crippen LogP contribution in [0.25, 0.3) is 10.9 Å². The Balaban J connectivity index is 1.88. The number of fused-ring (bicyclic) bond motifs is 1. The van der Waals surface area contributed by atoms with E-state index in [2.05, 4.69) is 16.4 Å². The van der Waals surface area contributed by atoms with Gasteiger partial charge >= 0.3 is 0 Å². The molecule has 1 heterocycles. The third kappa shape index (κ3) is 4.32. The van der Waals surface area contributed by atoms with Crippen LogP contribution >= 0.6 is 11.6 Å². The largest absolute Gasteiger partial charge is 0.395 e. The minimum atomic E-state index is -0.242. The Labute approximate surface area is 129 Å². The molecule has 0 fully saturated rings. The average Bonchev–Trinajstić information content (AvgIpc) is 2.50. The van der Waals surface area contributed by atoms with E-state index in [1.165, 1.54) is 0 Å². The zero-order valence-corrected chi connectivity index (χ0v) is 12.5. The summed E-state index contributed by atoms with van der Waals surface area (Å²) in [4.78, 5) is 4.30. The Morgan fingerprint density at radius 3 is 2.95 bits per heavy atom. The van der Waals surface area contributed by atoms with Gasteiger partial charge in [-0.05, 0) is 37.1 Å². The summed E-state index contributed by atoms with van der Waals surface area (Å²) in [5.41, 5.74) is 1.91. The van der Waals surface area contributed by atoms with Crippen molar-refractivity contribution in [3.8, 4) is 6.07 Å². The molecule has 1 atom stereocenters. The summed E-state index contributed by atoms with van der Waals surface area (Å²) in [5.74, 6) is -0.242. The van der Waals surface area contributed by atoms with E-state index >= 15 is 0 Å². The van der Waals surface area contributed by atoms with Crippen molar-refractivity contribution < 1.29 is 5.11 Å². The van der Waals surface area contributed by atoms with Crippen molar-refractivity contribution in [2.45, 2.75) is 19.3 Å². The van der Waals surface area contributed by atoms with Gasteiger partial charge in [-0.1, -0.05) is 18.0 Å². The number of anilines is 1. The minimum Gasteiger partial charge on any atom is -0.395 e. The maximum atomic E-state index is 8.95. The quantitative estimate of drug-likeness (QED) is 0.767. The van der Waals surface area contributed by atoms with Gasteiger partial charge in [0, 0.05) is 28.8 Å². The summed E-state index contributed by atoms with van der Waals surface area (Å²) in [6, 6.07) is 9.71. The molecule has 1 aromatic heterocycles. The SMILES string of the molecule is N#CC(CO)CCCCNc1ccnc2cc(Cl)ccc12.